The molecular formula is C65H43N4Pt-3. The molecule has 0 aliphatic carbocycles. The predicted molar refractivity (Wildman–Crippen MR) is 284 cm³/mol. The van der Waals surface area contributed by atoms with Crippen LogP contribution in [0.15, 0.2) is 255 Å². The first kappa shape index (κ1) is 43.0. The standard InChI is InChI=1S/C65H43N4.Pt/c1-5-21-46(22-6-1)54-34-20-35-55(47-23-7-2-8-24-47)63(54)68-45-67(60-41-38-48-25-13-14-32-56(48)64(60)68)53-31-19-30-51(43-53)65(49-26-9-3-10-27-49,50-28-11-4-12-29-50)52-39-40-58-57-33-15-16-36-59(57)69(61(58)44-52)62-37-17-18-42-66-62;/h1-42,45H;/q-3;. The van der Waals surface area contributed by atoms with Crippen molar-refractivity contribution < 1.29 is 21.1 Å². The first-order chi connectivity index (χ1) is 34.3. The number of hydrogen-bond donors (Lipinski definition) is 0. The van der Waals surface area contributed by atoms with Crippen molar-refractivity contribution in [1.82, 2.24) is 9.55 Å². The van der Waals surface area contributed by atoms with Crippen molar-refractivity contribution in [3.8, 4) is 28.1 Å². The molecule has 3 heterocycles. The van der Waals surface area contributed by atoms with Crippen LogP contribution in [0.5, 0.6) is 0 Å². The van der Waals surface area contributed by atoms with Crippen molar-refractivity contribution in [2.75, 3.05) is 9.80 Å². The van der Waals surface area contributed by atoms with Crippen molar-refractivity contribution in [3.63, 3.8) is 0 Å². The summed E-state index contributed by atoms with van der Waals surface area (Å²) in [5.74, 6) is 0.847. The van der Waals surface area contributed by atoms with Crippen molar-refractivity contribution in [3.05, 3.63) is 296 Å². The van der Waals surface area contributed by atoms with Gasteiger partial charge in [0.2, 0.25) is 0 Å². The molecule has 13 rings (SSSR count). The number of fused-ring (bicyclic) bond motifs is 6. The topological polar surface area (TPSA) is 24.3 Å². The second-order valence-electron chi connectivity index (χ2n) is 17.6. The molecule has 70 heavy (non-hydrogen) atoms. The minimum atomic E-state index is -0.843. The zero-order chi connectivity index (χ0) is 45.7. The summed E-state index contributed by atoms with van der Waals surface area (Å²) in [6, 6.07) is 97.2. The number of benzene rings is 10. The molecule has 5 heteroatoms. The van der Waals surface area contributed by atoms with Gasteiger partial charge in [-0.1, -0.05) is 200 Å². The third-order valence-electron chi connectivity index (χ3n) is 13.8. The molecule has 1 aliphatic rings. The van der Waals surface area contributed by atoms with Gasteiger partial charge in [0, 0.05) is 71.8 Å². The Kier molecular flexibility index (Phi) is 11.0. The molecular weight excluding hydrogens is 1030 g/mol. The van der Waals surface area contributed by atoms with E-state index in [0.717, 1.165) is 94.9 Å². The molecule has 336 valence electrons. The van der Waals surface area contributed by atoms with Crippen LogP contribution in [0.4, 0.5) is 22.7 Å². The predicted octanol–water partition coefficient (Wildman–Crippen LogP) is 16.1. The van der Waals surface area contributed by atoms with Crippen LogP contribution in [-0.2, 0) is 26.5 Å². The van der Waals surface area contributed by atoms with E-state index in [1.165, 1.54) is 10.8 Å². The van der Waals surface area contributed by atoms with Crippen molar-refractivity contribution in [2.45, 2.75) is 5.41 Å². The van der Waals surface area contributed by atoms with Gasteiger partial charge in [0.25, 0.3) is 0 Å². The number of hydrogen-bond acceptors (Lipinski definition) is 3. The first-order valence-electron chi connectivity index (χ1n) is 23.5. The Balaban J connectivity index is 0.00000505. The Labute approximate surface area is 422 Å². The van der Waals surface area contributed by atoms with Gasteiger partial charge in [0.15, 0.2) is 0 Å². The van der Waals surface area contributed by atoms with E-state index in [1.54, 1.807) is 0 Å². The van der Waals surface area contributed by atoms with Gasteiger partial charge in [-0.3, -0.25) is 0 Å². The maximum Gasteiger partial charge on any atom is 0.135 e. The average molecular weight is 1080 g/mol. The number of pyridine rings is 1. The molecule has 0 fully saturated rings. The summed E-state index contributed by atoms with van der Waals surface area (Å²) < 4.78 is 2.25. The molecule has 0 spiro atoms. The quantitative estimate of drug-likeness (QED) is 0.106. The first-order valence-corrected chi connectivity index (χ1v) is 23.5. The monoisotopic (exact) mass is 1070 g/mol. The van der Waals surface area contributed by atoms with E-state index in [4.69, 9.17) is 4.98 Å². The third-order valence-corrected chi connectivity index (χ3v) is 13.8. The van der Waals surface area contributed by atoms with Gasteiger partial charge in [-0.15, -0.1) is 28.9 Å². The molecule has 1 aliphatic heterocycles. The molecule has 0 radical (unpaired) electrons. The zero-order valence-corrected chi connectivity index (χ0v) is 40.2. The van der Waals surface area contributed by atoms with Crippen LogP contribution in [-0.4, -0.2) is 9.55 Å². The molecule has 0 saturated heterocycles. The minimum absolute atomic E-state index is 0. The van der Waals surface area contributed by atoms with Gasteiger partial charge in [0.05, 0.1) is 0 Å². The maximum atomic E-state index is 4.88. The molecule has 0 N–H and O–H groups in total. The number of anilines is 4. The summed E-state index contributed by atoms with van der Waals surface area (Å²) >= 11 is 0. The number of aromatic nitrogens is 2. The van der Waals surface area contributed by atoms with E-state index >= 15 is 0 Å². The van der Waals surface area contributed by atoms with Gasteiger partial charge in [0.1, 0.15) is 5.82 Å². The Hall–Kier alpha value is -8.30. The molecule has 10 aromatic carbocycles. The normalized spacial score (nSPS) is 12.3. The number of nitrogens with zero attached hydrogens (tertiary/aromatic N) is 4. The minimum Gasteiger partial charge on any atom is -0.493 e. The third kappa shape index (κ3) is 6.98. The summed E-state index contributed by atoms with van der Waals surface area (Å²) in [6.45, 7) is 2.27. The Morgan fingerprint density at radius 2 is 1.00 bits per heavy atom. The zero-order valence-electron chi connectivity index (χ0n) is 37.9. The number of para-hydroxylation sites is 2. The molecule has 0 saturated carbocycles. The smallest absolute Gasteiger partial charge is 0.135 e. The molecule has 0 bridgehead atoms. The van der Waals surface area contributed by atoms with E-state index in [9.17, 15) is 0 Å². The van der Waals surface area contributed by atoms with Crippen LogP contribution in [0, 0.1) is 18.8 Å². The van der Waals surface area contributed by atoms with Crippen LogP contribution in [0.3, 0.4) is 0 Å². The fourth-order valence-electron chi connectivity index (χ4n) is 10.8. The SMILES string of the molecule is [Pt].[c-]1c(N2[CH-]N(c3c(-c4ccccc4)cccc3-c3ccccc3)c3c2ccc2ccccc32)cccc1C(c1[c-]c2c(cc1)c1ccccc1n2-c1ccccn1)(c1ccccc1)c1ccccc1. The Morgan fingerprint density at radius 1 is 0.414 bits per heavy atom. The Bertz CT molecular complexity index is 3720. The molecule has 4 nitrogen and oxygen atoms in total. The van der Waals surface area contributed by atoms with Crippen molar-refractivity contribution in [1.29, 1.82) is 0 Å². The van der Waals surface area contributed by atoms with Crippen LogP contribution in [0.1, 0.15) is 22.3 Å². The summed E-state index contributed by atoms with van der Waals surface area (Å²) in [6.07, 6.45) is 1.86. The van der Waals surface area contributed by atoms with Gasteiger partial charge in [-0.05, 0) is 57.3 Å². The molecule has 2 aromatic heterocycles. The van der Waals surface area contributed by atoms with E-state index in [2.05, 4.69) is 270 Å². The van der Waals surface area contributed by atoms with Gasteiger partial charge >= 0.3 is 0 Å². The van der Waals surface area contributed by atoms with Crippen molar-refractivity contribution >= 4 is 55.3 Å². The van der Waals surface area contributed by atoms with Gasteiger partial charge < -0.3 is 14.4 Å². The van der Waals surface area contributed by atoms with E-state index in [1.807, 2.05) is 18.3 Å². The summed E-state index contributed by atoms with van der Waals surface area (Å²) in [7, 11) is 0. The number of rotatable bonds is 9. The second kappa shape index (κ2) is 18.0. The van der Waals surface area contributed by atoms with E-state index in [0.29, 0.717) is 0 Å². The van der Waals surface area contributed by atoms with Crippen molar-refractivity contribution in [2.24, 2.45) is 0 Å². The molecule has 0 unspecified atom stereocenters. The van der Waals surface area contributed by atoms with Crippen LogP contribution in [0.2, 0.25) is 0 Å². The average Bonchev–Trinajstić information content (AvgIpc) is 3.99. The molecule has 0 atom stereocenters. The van der Waals surface area contributed by atoms with Crippen LogP contribution < -0.4 is 9.80 Å². The van der Waals surface area contributed by atoms with Gasteiger partial charge in [-0.25, -0.2) is 4.98 Å². The summed E-state index contributed by atoms with van der Waals surface area (Å²) in [5, 5.41) is 4.62. The second-order valence-corrected chi connectivity index (χ2v) is 17.6. The summed E-state index contributed by atoms with van der Waals surface area (Å²) in [4.78, 5) is 9.62. The maximum absolute atomic E-state index is 4.88. The fraction of sp³-hybridized carbons (Fsp3) is 0.0154. The molecule has 0 amide bonds. The van der Waals surface area contributed by atoms with Crippen LogP contribution in [0.25, 0.3) is 60.6 Å². The Morgan fingerprint density at radius 3 is 1.67 bits per heavy atom. The van der Waals surface area contributed by atoms with Gasteiger partial charge in [-0.2, -0.15) is 42.5 Å². The molecule has 12 aromatic rings. The largest absolute Gasteiger partial charge is 0.493 e. The van der Waals surface area contributed by atoms with E-state index in [-0.39, 0.29) is 21.1 Å². The van der Waals surface area contributed by atoms with Crippen LogP contribution >= 0.6 is 0 Å². The summed E-state index contributed by atoms with van der Waals surface area (Å²) in [5.41, 5.74) is 14.3. The fourth-order valence-corrected chi connectivity index (χ4v) is 10.8. The van der Waals surface area contributed by atoms with E-state index < -0.39 is 5.41 Å².